The lowest BCUT2D eigenvalue weighted by atomic mass is 9.99. The summed E-state index contributed by atoms with van der Waals surface area (Å²) in [4.78, 5) is 17.5. The number of hydrogen-bond acceptors (Lipinski definition) is 3. The first kappa shape index (κ1) is 21.8. The van der Waals surface area contributed by atoms with Crippen molar-refractivity contribution in [1.29, 1.82) is 0 Å². The predicted octanol–water partition coefficient (Wildman–Crippen LogP) is 4.90. The van der Waals surface area contributed by atoms with Crippen molar-refractivity contribution >= 4 is 11.6 Å². The summed E-state index contributed by atoms with van der Waals surface area (Å²) < 4.78 is 1.97. The second-order valence-electron chi connectivity index (χ2n) is 8.27. The molecule has 0 radical (unpaired) electrons. The molecule has 1 atom stereocenters. The molecule has 0 aliphatic heterocycles. The number of anilines is 1. The molecule has 5 nitrogen and oxygen atoms in total. The van der Waals surface area contributed by atoms with Gasteiger partial charge >= 0.3 is 0 Å². The maximum absolute atomic E-state index is 13.2. The van der Waals surface area contributed by atoms with Crippen molar-refractivity contribution in [3.63, 3.8) is 0 Å². The standard InChI is InChI=1S/C27H30N4O/c1-20-8-10-22(11-9-20)16-17-28-26(23-6-4-3-5-7-23)27(32)30-24-12-14-25(15-13-24)31-18-21(2)29-19-31/h4,6-15,18-19,26,28H,3,5,16-17H2,1-2H3,(H,30,32). The number of amides is 1. The van der Waals surface area contributed by atoms with Crippen molar-refractivity contribution in [2.24, 2.45) is 0 Å². The fourth-order valence-electron chi connectivity index (χ4n) is 3.82. The number of nitrogens with zero attached hydrogens (tertiary/aromatic N) is 2. The van der Waals surface area contributed by atoms with E-state index in [-0.39, 0.29) is 11.9 Å². The summed E-state index contributed by atoms with van der Waals surface area (Å²) >= 11 is 0. The first-order valence-corrected chi connectivity index (χ1v) is 11.2. The molecule has 3 aromatic rings. The van der Waals surface area contributed by atoms with Gasteiger partial charge in [0.05, 0.1) is 12.0 Å². The van der Waals surface area contributed by atoms with E-state index in [1.807, 2.05) is 42.0 Å². The Kier molecular flexibility index (Phi) is 6.97. The highest BCUT2D eigenvalue weighted by Crippen LogP contribution is 2.18. The molecule has 164 valence electrons. The van der Waals surface area contributed by atoms with Crippen LogP contribution in [0.25, 0.3) is 5.69 Å². The smallest absolute Gasteiger partial charge is 0.246 e. The molecule has 32 heavy (non-hydrogen) atoms. The topological polar surface area (TPSA) is 59.0 Å². The Balaban J connectivity index is 1.42. The lowest BCUT2D eigenvalue weighted by Crippen LogP contribution is -2.42. The van der Waals surface area contributed by atoms with Gasteiger partial charge in [0.15, 0.2) is 0 Å². The zero-order valence-electron chi connectivity index (χ0n) is 18.7. The summed E-state index contributed by atoms with van der Waals surface area (Å²) in [5, 5.41) is 6.55. The van der Waals surface area contributed by atoms with Crippen LogP contribution >= 0.6 is 0 Å². The van der Waals surface area contributed by atoms with Crippen LogP contribution in [0.5, 0.6) is 0 Å². The number of carbonyl (C=O) groups is 1. The van der Waals surface area contributed by atoms with E-state index in [9.17, 15) is 4.79 Å². The van der Waals surface area contributed by atoms with Gasteiger partial charge in [0.1, 0.15) is 6.04 Å². The van der Waals surface area contributed by atoms with E-state index < -0.39 is 0 Å². The Morgan fingerprint density at radius 2 is 1.84 bits per heavy atom. The second-order valence-corrected chi connectivity index (χ2v) is 8.27. The average molecular weight is 427 g/mol. The van der Waals surface area contributed by atoms with Crippen molar-refractivity contribution in [2.75, 3.05) is 11.9 Å². The van der Waals surface area contributed by atoms with Crippen LogP contribution in [0.1, 0.15) is 29.7 Å². The van der Waals surface area contributed by atoms with E-state index in [0.29, 0.717) is 0 Å². The van der Waals surface area contributed by atoms with E-state index in [2.05, 4.69) is 65.0 Å². The summed E-state index contributed by atoms with van der Waals surface area (Å²) in [6, 6.07) is 16.0. The Labute approximate surface area is 189 Å². The molecule has 0 saturated heterocycles. The molecule has 1 aromatic heterocycles. The van der Waals surface area contributed by atoms with Crippen molar-refractivity contribution < 1.29 is 4.79 Å². The molecule has 1 unspecified atom stereocenters. The summed E-state index contributed by atoms with van der Waals surface area (Å²) in [5.74, 6) is -0.0436. The third-order valence-corrected chi connectivity index (χ3v) is 5.65. The van der Waals surface area contributed by atoms with Crippen molar-refractivity contribution in [3.8, 4) is 5.69 Å². The molecule has 1 aliphatic carbocycles. The fourth-order valence-corrected chi connectivity index (χ4v) is 3.82. The highest BCUT2D eigenvalue weighted by Gasteiger charge is 2.22. The minimum Gasteiger partial charge on any atom is -0.324 e. The normalized spacial score (nSPS) is 14.1. The van der Waals surface area contributed by atoms with Crippen LogP contribution in [0.2, 0.25) is 0 Å². The maximum Gasteiger partial charge on any atom is 0.246 e. The Hall–Kier alpha value is -3.44. The minimum atomic E-state index is -0.382. The van der Waals surface area contributed by atoms with Crippen LogP contribution in [0, 0.1) is 13.8 Å². The number of carbonyl (C=O) groups excluding carboxylic acids is 1. The summed E-state index contributed by atoms with van der Waals surface area (Å²) in [5.41, 5.74) is 6.31. The lowest BCUT2D eigenvalue weighted by molar-refractivity contribution is -0.117. The number of imidazole rings is 1. The van der Waals surface area contributed by atoms with Gasteiger partial charge in [0.25, 0.3) is 0 Å². The van der Waals surface area contributed by atoms with Gasteiger partial charge in [-0.15, -0.1) is 0 Å². The van der Waals surface area contributed by atoms with E-state index >= 15 is 0 Å². The number of benzene rings is 2. The molecule has 0 spiro atoms. The monoisotopic (exact) mass is 426 g/mol. The summed E-state index contributed by atoms with van der Waals surface area (Å²) in [7, 11) is 0. The third-order valence-electron chi connectivity index (χ3n) is 5.65. The summed E-state index contributed by atoms with van der Waals surface area (Å²) in [6.07, 6.45) is 13.0. The Morgan fingerprint density at radius 1 is 1.06 bits per heavy atom. The van der Waals surface area contributed by atoms with E-state index in [4.69, 9.17) is 0 Å². The highest BCUT2D eigenvalue weighted by molar-refractivity contribution is 5.97. The molecular weight excluding hydrogens is 396 g/mol. The fraction of sp³-hybridized carbons (Fsp3) is 0.259. The molecule has 0 saturated carbocycles. The highest BCUT2D eigenvalue weighted by atomic mass is 16.2. The third kappa shape index (κ3) is 5.62. The van der Waals surface area contributed by atoms with Crippen LogP contribution in [0.4, 0.5) is 5.69 Å². The van der Waals surface area contributed by atoms with Gasteiger partial charge in [0, 0.05) is 24.1 Å². The lowest BCUT2D eigenvalue weighted by Gasteiger charge is -2.21. The van der Waals surface area contributed by atoms with E-state index in [1.165, 1.54) is 11.1 Å². The molecule has 1 aliphatic rings. The Bertz CT molecular complexity index is 1110. The van der Waals surface area contributed by atoms with Gasteiger partial charge in [-0.2, -0.15) is 0 Å². The maximum atomic E-state index is 13.2. The zero-order chi connectivity index (χ0) is 22.3. The first-order chi connectivity index (χ1) is 15.6. The van der Waals surface area contributed by atoms with Crippen molar-refractivity contribution in [3.05, 3.63) is 102 Å². The van der Waals surface area contributed by atoms with Crippen molar-refractivity contribution in [2.45, 2.75) is 39.2 Å². The van der Waals surface area contributed by atoms with Gasteiger partial charge in [-0.1, -0.05) is 48.1 Å². The average Bonchev–Trinajstić information content (AvgIpc) is 3.25. The van der Waals surface area contributed by atoms with E-state index in [1.54, 1.807) is 6.33 Å². The number of aromatic nitrogens is 2. The molecule has 2 N–H and O–H groups in total. The van der Waals surface area contributed by atoms with Crippen LogP contribution in [-0.4, -0.2) is 28.0 Å². The molecule has 2 aromatic carbocycles. The quantitative estimate of drug-likeness (QED) is 0.538. The van der Waals surface area contributed by atoms with Crippen LogP contribution in [-0.2, 0) is 11.2 Å². The van der Waals surface area contributed by atoms with Gasteiger partial charge in [-0.05, 0) is 68.5 Å². The molecule has 1 amide bonds. The van der Waals surface area contributed by atoms with Gasteiger partial charge in [-0.3, -0.25) is 4.79 Å². The number of aryl methyl sites for hydroxylation is 2. The van der Waals surface area contributed by atoms with Crippen molar-refractivity contribution in [1.82, 2.24) is 14.9 Å². The molecule has 5 heteroatoms. The number of rotatable bonds is 8. The summed E-state index contributed by atoms with van der Waals surface area (Å²) in [6.45, 7) is 4.78. The minimum absolute atomic E-state index is 0.0436. The SMILES string of the molecule is Cc1ccc(CCNC(C(=O)Nc2ccc(-n3cnc(C)c3)cc2)C2=CCCC=C2)cc1. The van der Waals surface area contributed by atoms with Crippen LogP contribution < -0.4 is 10.6 Å². The zero-order valence-corrected chi connectivity index (χ0v) is 18.7. The van der Waals surface area contributed by atoms with Gasteiger partial charge in [0.2, 0.25) is 5.91 Å². The predicted molar refractivity (Wildman–Crippen MR) is 130 cm³/mol. The molecule has 4 rings (SSSR count). The first-order valence-electron chi connectivity index (χ1n) is 11.2. The molecule has 1 heterocycles. The number of nitrogens with one attached hydrogen (secondary N) is 2. The van der Waals surface area contributed by atoms with Gasteiger partial charge in [-0.25, -0.2) is 4.98 Å². The van der Waals surface area contributed by atoms with E-state index in [0.717, 1.165) is 48.4 Å². The second kappa shape index (κ2) is 10.2. The largest absolute Gasteiger partial charge is 0.324 e. The van der Waals surface area contributed by atoms with Crippen LogP contribution in [0.3, 0.4) is 0 Å². The van der Waals surface area contributed by atoms with Gasteiger partial charge < -0.3 is 15.2 Å². The molecular formula is C27H30N4O. The number of hydrogen-bond donors (Lipinski definition) is 2. The number of allylic oxidation sites excluding steroid dienone is 2. The Morgan fingerprint density at radius 3 is 2.50 bits per heavy atom. The molecule has 0 bridgehead atoms. The molecule has 0 fully saturated rings. The van der Waals surface area contributed by atoms with Crippen LogP contribution in [0.15, 0.2) is 84.9 Å².